The standard InChI is InChI=1S/C19H24N4O/c1-3-4-12-22(2)18(24)17-9-11-20-19(21-17)23-13-10-15-7-5-6-8-16(15)14-23/h5-9,11H,3-4,10,12-14H2,1-2H3. The van der Waals surface area contributed by atoms with Crippen molar-refractivity contribution in [3.05, 3.63) is 53.3 Å². The van der Waals surface area contributed by atoms with Gasteiger partial charge in [0.2, 0.25) is 5.95 Å². The first-order valence-electron chi connectivity index (χ1n) is 8.59. The maximum atomic E-state index is 12.5. The lowest BCUT2D eigenvalue weighted by molar-refractivity contribution is 0.0787. The van der Waals surface area contributed by atoms with E-state index >= 15 is 0 Å². The van der Waals surface area contributed by atoms with E-state index in [1.807, 2.05) is 7.05 Å². The van der Waals surface area contributed by atoms with Crippen molar-refractivity contribution in [1.82, 2.24) is 14.9 Å². The second-order valence-corrected chi connectivity index (χ2v) is 6.26. The number of anilines is 1. The molecule has 0 N–H and O–H groups in total. The van der Waals surface area contributed by atoms with Gasteiger partial charge >= 0.3 is 0 Å². The van der Waals surface area contributed by atoms with Crippen molar-refractivity contribution in [3.63, 3.8) is 0 Å². The van der Waals surface area contributed by atoms with E-state index in [4.69, 9.17) is 0 Å². The minimum absolute atomic E-state index is 0.0375. The maximum Gasteiger partial charge on any atom is 0.272 e. The first-order valence-corrected chi connectivity index (χ1v) is 8.59. The molecule has 1 aliphatic heterocycles. The molecular weight excluding hydrogens is 300 g/mol. The number of benzene rings is 1. The Labute approximate surface area is 143 Å². The molecule has 0 atom stereocenters. The SMILES string of the molecule is CCCCN(C)C(=O)c1ccnc(N2CCc3ccccc3C2)n1. The van der Waals surface area contributed by atoms with Gasteiger partial charge in [-0.15, -0.1) is 0 Å². The molecule has 0 saturated heterocycles. The Morgan fingerprint density at radius 3 is 2.83 bits per heavy atom. The van der Waals surface area contributed by atoms with Crippen LogP contribution < -0.4 is 4.90 Å². The molecule has 1 aromatic heterocycles. The smallest absolute Gasteiger partial charge is 0.272 e. The second kappa shape index (κ2) is 7.43. The molecule has 0 aliphatic carbocycles. The fourth-order valence-electron chi connectivity index (χ4n) is 2.98. The second-order valence-electron chi connectivity index (χ2n) is 6.26. The summed E-state index contributed by atoms with van der Waals surface area (Å²) in [6.45, 7) is 4.54. The summed E-state index contributed by atoms with van der Waals surface area (Å²) in [6.07, 6.45) is 4.74. The van der Waals surface area contributed by atoms with Crippen molar-refractivity contribution in [1.29, 1.82) is 0 Å². The van der Waals surface area contributed by atoms with Crippen molar-refractivity contribution in [2.45, 2.75) is 32.7 Å². The van der Waals surface area contributed by atoms with E-state index in [0.29, 0.717) is 11.6 Å². The molecule has 0 saturated carbocycles. The van der Waals surface area contributed by atoms with Gasteiger partial charge in [0.15, 0.2) is 0 Å². The van der Waals surface area contributed by atoms with Crippen LogP contribution >= 0.6 is 0 Å². The number of unbranched alkanes of at least 4 members (excludes halogenated alkanes) is 1. The van der Waals surface area contributed by atoms with Gasteiger partial charge in [0.25, 0.3) is 5.91 Å². The van der Waals surface area contributed by atoms with E-state index in [2.05, 4.69) is 46.1 Å². The molecular formula is C19H24N4O. The van der Waals surface area contributed by atoms with Crippen LogP contribution in [0.15, 0.2) is 36.5 Å². The number of nitrogens with zero attached hydrogens (tertiary/aromatic N) is 4. The fraction of sp³-hybridized carbons (Fsp3) is 0.421. The molecule has 1 aromatic carbocycles. The Kier molecular flexibility index (Phi) is 5.08. The zero-order chi connectivity index (χ0) is 16.9. The zero-order valence-corrected chi connectivity index (χ0v) is 14.4. The summed E-state index contributed by atoms with van der Waals surface area (Å²) in [5.41, 5.74) is 3.17. The van der Waals surface area contributed by atoms with Crippen LogP contribution in [0.2, 0.25) is 0 Å². The summed E-state index contributed by atoms with van der Waals surface area (Å²) in [5, 5.41) is 0. The lowest BCUT2D eigenvalue weighted by Gasteiger charge is -2.29. The fourth-order valence-corrected chi connectivity index (χ4v) is 2.98. The summed E-state index contributed by atoms with van der Waals surface area (Å²) >= 11 is 0. The van der Waals surface area contributed by atoms with Gasteiger partial charge in [0, 0.05) is 32.9 Å². The molecule has 0 bridgehead atoms. The molecule has 0 spiro atoms. The van der Waals surface area contributed by atoms with Gasteiger partial charge in [-0.3, -0.25) is 4.79 Å². The molecule has 2 heterocycles. The van der Waals surface area contributed by atoms with E-state index in [1.54, 1.807) is 17.2 Å². The van der Waals surface area contributed by atoms with Gasteiger partial charge in [0.1, 0.15) is 5.69 Å². The van der Waals surface area contributed by atoms with E-state index in [-0.39, 0.29) is 5.91 Å². The molecule has 0 radical (unpaired) electrons. The number of rotatable bonds is 5. The number of amides is 1. The van der Waals surface area contributed by atoms with E-state index < -0.39 is 0 Å². The highest BCUT2D eigenvalue weighted by Gasteiger charge is 2.20. The predicted molar refractivity (Wildman–Crippen MR) is 95.1 cm³/mol. The van der Waals surface area contributed by atoms with Crippen LogP contribution in [-0.4, -0.2) is 40.9 Å². The lowest BCUT2D eigenvalue weighted by atomic mass is 10.0. The number of hydrogen-bond acceptors (Lipinski definition) is 4. The molecule has 5 nitrogen and oxygen atoms in total. The van der Waals surface area contributed by atoms with E-state index in [0.717, 1.165) is 38.9 Å². The third-order valence-corrected chi connectivity index (χ3v) is 4.47. The first kappa shape index (κ1) is 16.4. The van der Waals surface area contributed by atoms with Crippen molar-refractivity contribution in [3.8, 4) is 0 Å². The molecule has 24 heavy (non-hydrogen) atoms. The highest BCUT2D eigenvalue weighted by molar-refractivity contribution is 5.92. The highest BCUT2D eigenvalue weighted by Crippen LogP contribution is 2.21. The third kappa shape index (κ3) is 3.55. The van der Waals surface area contributed by atoms with Crippen LogP contribution in [0.3, 0.4) is 0 Å². The molecule has 1 aliphatic rings. The summed E-state index contributed by atoms with van der Waals surface area (Å²) in [5.74, 6) is 0.601. The third-order valence-electron chi connectivity index (χ3n) is 4.47. The van der Waals surface area contributed by atoms with Crippen molar-refractivity contribution >= 4 is 11.9 Å². The van der Waals surface area contributed by atoms with Crippen LogP contribution in [0.25, 0.3) is 0 Å². The molecule has 126 valence electrons. The Morgan fingerprint density at radius 1 is 1.25 bits per heavy atom. The molecule has 5 heteroatoms. The first-order chi connectivity index (χ1) is 11.7. The zero-order valence-electron chi connectivity index (χ0n) is 14.4. The average molecular weight is 324 g/mol. The van der Waals surface area contributed by atoms with Gasteiger partial charge in [-0.2, -0.15) is 0 Å². The molecule has 1 amide bonds. The topological polar surface area (TPSA) is 49.3 Å². The van der Waals surface area contributed by atoms with Crippen LogP contribution in [0.5, 0.6) is 0 Å². The number of aromatic nitrogens is 2. The molecule has 2 aromatic rings. The van der Waals surface area contributed by atoms with E-state index in [1.165, 1.54) is 11.1 Å². The minimum Gasteiger partial charge on any atom is -0.340 e. The van der Waals surface area contributed by atoms with Gasteiger partial charge in [-0.05, 0) is 30.0 Å². The van der Waals surface area contributed by atoms with Gasteiger partial charge in [-0.1, -0.05) is 37.6 Å². The Balaban J connectivity index is 1.75. The van der Waals surface area contributed by atoms with Gasteiger partial charge in [0.05, 0.1) is 0 Å². The molecule has 3 rings (SSSR count). The number of carbonyl (C=O) groups is 1. The molecule has 0 fully saturated rings. The summed E-state index contributed by atoms with van der Waals surface area (Å²) < 4.78 is 0. The summed E-state index contributed by atoms with van der Waals surface area (Å²) in [4.78, 5) is 25.3. The number of hydrogen-bond donors (Lipinski definition) is 0. The normalized spacial score (nSPS) is 13.5. The van der Waals surface area contributed by atoms with E-state index in [9.17, 15) is 4.79 Å². The van der Waals surface area contributed by atoms with Gasteiger partial charge in [-0.25, -0.2) is 9.97 Å². The summed E-state index contributed by atoms with van der Waals surface area (Å²) in [7, 11) is 1.83. The Hall–Kier alpha value is -2.43. The Bertz CT molecular complexity index is 716. The van der Waals surface area contributed by atoms with Crippen LogP contribution in [0, 0.1) is 0 Å². The van der Waals surface area contributed by atoms with Gasteiger partial charge < -0.3 is 9.80 Å². The van der Waals surface area contributed by atoms with Crippen molar-refractivity contribution in [2.24, 2.45) is 0 Å². The number of fused-ring (bicyclic) bond motifs is 1. The highest BCUT2D eigenvalue weighted by atomic mass is 16.2. The average Bonchev–Trinajstić information content (AvgIpc) is 2.65. The lowest BCUT2D eigenvalue weighted by Crippen LogP contribution is -2.33. The van der Waals surface area contributed by atoms with Crippen molar-refractivity contribution < 1.29 is 4.79 Å². The van der Waals surface area contributed by atoms with Crippen molar-refractivity contribution in [2.75, 3.05) is 25.0 Å². The van der Waals surface area contributed by atoms with Crippen LogP contribution in [0.1, 0.15) is 41.4 Å². The largest absolute Gasteiger partial charge is 0.340 e. The monoisotopic (exact) mass is 324 g/mol. The quantitative estimate of drug-likeness (QED) is 0.848. The predicted octanol–water partition coefficient (Wildman–Crippen LogP) is 2.91. The molecule has 0 unspecified atom stereocenters. The minimum atomic E-state index is -0.0375. The maximum absolute atomic E-state index is 12.5. The number of carbonyl (C=O) groups excluding carboxylic acids is 1. The van der Waals surface area contributed by atoms with Crippen LogP contribution in [0.4, 0.5) is 5.95 Å². The van der Waals surface area contributed by atoms with Crippen LogP contribution in [-0.2, 0) is 13.0 Å². The Morgan fingerprint density at radius 2 is 2.04 bits per heavy atom. The summed E-state index contributed by atoms with van der Waals surface area (Å²) in [6, 6.07) is 10.2.